The van der Waals surface area contributed by atoms with Crippen molar-refractivity contribution in [1.82, 2.24) is 15.1 Å². The van der Waals surface area contributed by atoms with E-state index in [0.717, 1.165) is 49.6 Å². The molecule has 2 aliphatic heterocycles. The predicted molar refractivity (Wildman–Crippen MR) is 79.9 cm³/mol. The van der Waals surface area contributed by atoms with Crippen LogP contribution in [0.4, 0.5) is 4.79 Å². The summed E-state index contributed by atoms with van der Waals surface area (Å²) >= 11 is 5.89. The monoisotopic (exact) mass is 293 g/mol. The first kappa shape index (κ1) is 13.7. The normalized spacial score (nSPS) is 23.4. The zero-order valence-corrected chi connectivity index (χ0v) is 12.3. The summed E-state index contributed by atoms with van der Waals surface area (Å²) in [5, 5.41) is 4.11. The van der Waals surface area contributed by atoms with Crippen LogP contribution < -0.4 is 5.32 Å². The molecular weight excluding hydrogens is 274 g/mol. The second-order valence-electron chi connectivity index (χ2n) is 5.52. The van der Waals surface area contributed by atoms with E-state index in [1.165, 1.54) is 0 Å². The van der Waals surface area contributed by atoms with Crippen molar-refractivity contribution in [1.29, 1.82) is 0 Å². The summed E-state index contributed by atoms with van der Waals surface area (Å²) in [6.07, 6.45) is 2.28. The Kier molecular flexibility index (Phi) is 4.13. The quantitative estimate of drug-likeness (QED) is 0.928. The molecule has 0 unspecified atom stereocenters. The molecule has 1 aromatic carbocycles. The molecule has 2 fully saturated rings. The summed E-state index contributed by atoms with van der Waals surface area (Å²) in [5.41, 5.74) is 1.13. The highest BCUT2D eigenvalue weighted by Gasteiger charge is 2.33. The van der Waals surface area contributed by atoms with Crippen molar-refractivity contribution in [3.63, 3.8) is 0 Å². The number of halogens is 1. The van der Waals surface area contributed by atoms with Gasteiger partial charge in [-0.3, -0.25) is 0 Å². The Hall–Kier alpha value is -1.26. The third-order valence-electron chi connectivity index (χ3n) is 4.13. The van der Waals surface area contributed by atoms with Gasteiger partial charge in [-0.05, 0) is 37.1 Å². The molecule has 1 N–H and O–H groups in total. The lowest BCUT2D eigenvalue weighted by Gasteiger charge is -2.31. The zero-order chi connectivity index (χ0) is 13.9. The summed E-state index contributed by atoms with van der Waals surface area (Å²) in [7, 11) is 0. The molecule has 0 radical (unpaired) electrons. The average Bonchev–Trinajstić information content (AvgIpc) is 2.84. The smallest absolute Gasteiger partial charge is 0.319 e. The van der Waals surface area contributed by atoms with Gasteiger partial charge in [0.2, 0.25) is 0 Å². The van der Waals surface area contributed by atoms with Crippen molar-refractivity contribution in [3.8, 4) is 0 Å². The first-order chi connectivity index (χ1) is 9.74. The summed E-state index contributed by atoms with van der Waals surface area (Å²) in [4.78, 5) is 16.4. The van der Waals surface area contributed by atoms with Gasteiger partial charge in [-0.15, -0.1) is 0 Å². The molecule has 2 aliphatic rings. The number of nitrogens with one attached hydrogen (secondary N) is 1. The number of urea groups is 1. The summed E-state index contributed by atoms with van der Waals surface area (Å²) in [6, 6.07) is 8.27. The molecule has 1 aromatic rings. The predicted octanol–water partition coefficient (Wildman–Crippen LogP) is 2.33. The largest absolute Gasteiger partial charge is 0.320 e. The first-order valence-corrected chi connectivity index (χ1v) is 7.62. The standard InChI is InChI=1S/C15H20ClN3O/c16-13-5-3-12(4-6-13)11-18-8-9-19(15(18)20)14-2-1-7-17-10-14/h3-6,14,17H,1-2,7-11H2/t14-/m0/s1. The van der Waals surface area contributed by atoms with Crippen molar-refractivity contribution in [2.45, 2.75) is 25.4 Å². The molecule has 2 saturated heterocycles. The van der Waals surface area contributed by atoms with Crippen LogP contribution in [0.1, 0.15) is 18.4 Å². The van der Waals surface area contributed by atoms with Gasteiger partial charge in [0.15, 0.2) is 0 Å². The van der Waals surface area contributed by atoms with Crippen LogP contribution in [0, 0.1) is 0 Å². The molecule has 0 saturated carbocycles. The number of benzene rings is 1. The molecule has 3 rings (SSSR count). The van der Waals surface area contributed by atoms with Crippen LogP contribution in [0.5, 0.6) is 0 Å². The molecule has 0 aliphatic carbocycles. The number of piperidine rings is 1. The van der Waals surface area contributed by atoms with Gasteiger partial charge < -0.3 is 15.1 Å². The fourth-order valence-electron chi connectivity index (χ4n) is 3.00. The zero-order valence-electron chi connectivity index (χ0n) is 11.5. The van der Waals surface area contributed by atoms with Crippen LogP contribution in [-0.2, 0) is 6.54 Å². The first-order valence-electron chi connectivity index (χ1n) is 7.25. The van der Waals surface area contributed by atoms with Gasteiger partial charge in [-0.2, -0.15) is 0 Å². The Morgan fingerprint density at radius 3 is 2.75 bits per heavy atom. The number of hydrogen-bond donors (Lipinski definition) is 1. The van der Waals surface area contributed by atoms with Crippen LogP contribution in [-0.4, -0.2) is 48.1 Å². The minimum Gasteiger partial charge on any atom is -0.319 e. The Labute approximate surface area is 124 Å². The Bertz CT molecular complexity index is 471. The highest BCUT2D eigenvalue weighted by molar-refractivity contribution is 6.30. The van der Waals surface area contributed by atoms with E-state index in [2.05, 4.69) is 5.32 Å². The van der Waals surface area contributed by atoms with Gasteiger partial charge in [-0.25, -0.2) is 4.79 Å². The molecule has 4 nitrogen and oxygen atoms in total. The van der Waals surface area contributed by atoms with E-state index in [1.54, 1.807) is 0 Å². The maximum atomic E-state index is 12.5. The molecule has 2 amide bonds. The third kappa shape index (κ3) is 2.91. The molecule has 5 heteroatoms. The van der Waals surface area contributed by atoms with E-state index in [-0.39, 0.29) is 6.03 Å². The van der Waals surface area contributed by atoms with Crippen molar-refractivity contribution in [2.24, 2.45) is 0 Å². The van der Waals surface area contributed by atoms with E-state index in [0.29, 0.717) is 12.6 Å². The molecule has 0 spiro atoms. The second-order valence-corrected chi connectivity index (χ2v) is 5.96. The Balaban J connectivity index is 1.61. The topological polar surface area (TPSA) is 35.6 Å². The lowest BCUT2D eigenvalue weighted by atomic mass is 10.1. The van der Waals surface area contributed by atoms with Crippen LogP contribution in [0.3, 0.4) is 0 Å². The van der Waals surface area contributed by atoms with Gasteiger partial charge >= 0.3 is 6.03 Å². The van der Waals surface area contributed by atoms with Crippen LogP contribution in [0.25, 0.3) is 0 Å². The van der Waals surface area contributed by atoms with Gasteiger partial charge in [0.05, 0.1) is 0 Å². The van der Waals surface area contributed by atoms with Crippen LogP contribution in [0.15, 0.2) is 24.3 Å². The second kappa shape index (κ2) is 6.02. The minimum atomic E-state index is 0.175. The summed E-state index contributed by atoms with van der Waals surface area (Å²) in [6.45, 7) is 4.34. The molecule has 0 bridgehead atoms. The highest BCUT2D eigenvalue weighted by Crippen LogP contribution is 2.20. The van der Waals surface area contributed by atoms with E-state index in [1.807, 2.05) is 34.1 Å². The van der Waals surface area contributed by atoms with E-state index in [9.17, 15) is 4.79 Å². The van der Waals surface area contributed by atoms with E-state index >= 15 is 0 Å². The molecule has 1 atom stereocenters. The number of carbonyl (C=O) groups is 1. The molecule has 108 valence electrons. The number of amides is 2. The maximum Gasteiger partial charge on any atom is 0.320 e. The average molecular weight is 294 g/mol. The molecule has 20 heavy (non-hydrogen) atoms. The molecular formula is C15H20ClN3O. The Morgan fingerprint density at radius 1 is 1.25 bits per heavy atom. The fourth-order valence-corrected chi connectivity index (χ4v) is 3.12. The van der Waals surface area contributed by atoms with E-state index in [4.69, 9.17) is 11.6 Å². The maximum absolute atomic E-state index is 12.5. The lowest BCUT2D eigenvalue weighted by Crippen LogP contribution is -2.47. The number of nitrogens with zero attached hydrogens (tertiary/aromatic N) is 2. The number of rotatable bonds is 3. The van der Waals surface area contributed by atoms with Gasteiger partial charge in [0.25, 0.3) is 0 Å². The highest BCUT2D eigenvalue weighted by atomic mass is 35.5. The van der Waals surface area contributed by atoms with Crippen molar-refractivity contribution in [3.05, 3.63) is 34.9 Å². The third-order valence-corrected chi connectivity index (χ3v) is 4.38. The molecule has 0 aromatic heterocycles. The van der Waals surface area contributed by atoms with Crippen molar-refractivity contribution < 1.29 is 4.79 Å². The van der Waals surface area contributed by atoms with Gasteiger partial charge in [0, 0.05) is 37.2 Å². The van der Waals surface area contributed by atoms with Crippen molar-refractivity contribution >= 4 is 17.6 Å². The fraction of sp³-hybridized carbons (Fsp3) is 0.533. The summed E-state index contributed by atoms with van der Waals surface area (Å²) < 4.78 is 0. The minimum absolute atomic E-state index is 0.175. The van der Waals surface area contributed by atoms with E-state index < -0.39 is 0 Å². The Morgan fingerprint density at radius 2 is 2.05 bits per heavy atom. The van der Waals surface area contributed by atoms with Crippen LogP contribution in [0.2, 0.25) is 5.02 Å². The molecule has 2 heterocycles. The number of carbonyl (C=O) groups excluding carboxylic acids is 1. The number of hydrogen-bond acceptors (Lipinski definition) is 2. The summed E-state index contributed by atoms with van der Waals surface area (Å²) in [5.74, 6) is 0. The van der Waals surface area contributed by atoms with Gasteiger partial charge in [-0.1, -0.05) is 23.7 Å². The van der Waals surface area contributed by atoms with Gasteiger partial charge in [0.1, 0.15) is 0 Å². The SMILES string of the molecule is O=C1N(Cc2ccc(Cl)cc2)CCN1[C@H]1CCCNC1. The lowest BCUT2D eigenvalue weighted by molar-refractivity contribution is 0.166. The van der Waals surface area contributed by atoms with Crippen molar-refractivity contribution in [2.75, 3.05) is 26.2 Å². The van der Waals surface area contributed by atoms with Crippen LogP contribution >= 0.6 is 11.6 Å².